The van der Waals surface area contributed by atoms with Gasteiger partial charge >= 0.3 is 0 Å². The highest BCUT2D eigenvalue weighted by atomic mass is 16.5. The Bertz CT molecular complexity index is 356. The Hall–Kier alpha value is -1.07. The van der Waals surface area contributed by atoms with E-state index in [9.17, 15) is 0 Å². The predicted octanol–water partition coefficient (Wildman–Crippen LogP) is 1.34. The van der Waals surface area contributed by atoms with Gasteiger partial charge in [0.15, 0.2) is 5.75 Å². The van der Waals surface area contributed by atoms with Crippen LogP contribution in [0.25, 0.3) is 0 Å². The van der Waals surface area contributed by atoms with Crippen LogP contribution >= 0.6 is 0 Å². The number of aromatic nitrogens is 2. The fourth-order valence-electron chi connectivity index (χ4n) is 2.46. The van der Waals surface area contributed by atoms with Crippen LogP contribution in [0.5, 0.6) is 5.75 Å². The van der Waals surface area contributed by atoms with E-state index >= 15 is 0 Å². The summed E-state index contributed by atoms with van der Waals surface area (Å²) in [7, 11) is 1.65. The molecule has 0 amide bonds. The third-order valence-electron chi connectivity index (χ3n) is 3.48. The molecule has 1 saturated heterocycles. The molecule has 0 radical (unpaired) electrons. The molecule has 17 heavy (non-hydrogen) atoms. The van der Waals surface area contributed by atoms with Gasteiger partial charge in [0, 0.05) is 13.2 Å². The minimum absolute atomic E-state index is 0.0610. The first-order valence-corrected chi connectivity index (χ1v) is 6.15. The Morgan fingerprint density at radius 3 is 3.00 bits per heavy atom. The van der Waals surface area contributed by atoms with Crippen molar-refractivity contribution in [3.8, 4) is 5.75 Å². The fourth-order valence-corrected chi connectivity index (χ4v) is 2.46. The number of hydrogen-bond donors (Lipinski definition) is 1. The molecule has 0 spiro atoms. The Morgan fingerprint density at radius 1 is 1.71 bits per heavy atom. The summed E-state index contributed by atoms with van der Waals surface area (Å²) >= 11 is 0. The van der Waals surface area contributed by atoms with E-state index in [1.165, 1.54) is 0 Å². The monoisotopic (exact) mass is 239 g/mol. The predicted molar refractivity (Wildman–Crippen MR) is 64.9 cm³/mol. The first-order valence-electron chi connectivity index (χ1n) is 6.15. The first-order chi connectivity index (χ1) is 8.19. The van der Waals surface area contributed by atoms with Crippen molar-refractivity contribution in [1.82, 2.24) is 9.78 Å². The van der Waals surface area contributed by atoms with Gasteiger partial charge in [0.2, 0.25) is 0 Å². The lowest BCUT2D eigenvalue weighted by molar-refractivity contribution is 0.0693. The Kier molecular flexibility index (Phi) is 3.69. The molecule has 2 heterocycles. The maximum atomic E-state index is 6.32. The van der Waals surface area contributed by atoms with Gasteiger partial charge in [-0.15, -0.1) is 0 Å². The second kappa shape index (κ2) is 5.06. The molecule has 1 aliphatic heterocycles. The third kappa shape index (κ3) is 2.17. The van der Waals surface area contributed by atoms with Crippen LogP contribution in [0, 0.1) is 5.92 Å². The van der Waals surface area contributed by atoms with Crippen molar-refractivity contribution < 1.29 is 9.47 Å². The standard InChI is InChI=1S/C12H21N3O2/c1-4-15-11(9(16-3)7-14-15)10(13)12-8(2)5-6-17-12/h7-8,10,12H,4-6,13H2,1-3H3. The van der Waals surface area contributed by atoms with Crippen LogP contribution in [0.4, 0.5) is 0 Å². The minimum Gasteiger partial charge on any atom is -0.493 e. The summed E-state index contributed by atoms with van der Waals surface area (Å²) in [6.07, 6.45) is 2.85. The number of hydrogen-bond acceptors (Lipinski definition) is 4. The Morgan fingerprint density at radius 2 is 2.47 bits per heavy atom. The van der Waals surface area contributed by atoms with Gasteiger partial charge in [0.1, 0.15) is 0 Å². The van der Waals surface area contributed by atoms with Crippen molar-refractivity contribution in [2.45, 2.75) is 39.0 Å². The first kappa shape index (κ1) is 12.4. The number of aryl methyl sites for hydroxylation is 1. The molecule has 2 rings (SSSR count). The molecule has 3 unspecified atom stereocenters. The number of nitrogens with zero attached hydrogens (tertiary/aromatic N) is 2. The molecule has 1 aliphatic rings. The minimum atomic E-state index is -0.176. The zero-order chi connectivity index (χ0) is 12.4. The molecule has 0 saturated carbocycles. The summed E-state index contributed by atoms with van der Waals surface area (Å²) in [4.78, 5) is 0. The van der Waals surface area contributed by atoms with E-state index in [1.54, 1.807) is 13.3 Å². The molecule has 1 aromatic heterocycles. The summed E-state index contributed by atoms with van der Waals surface area (Å²) in [6, 6.07) is -0.176. The average Bonchev–Trinajstić information content (AvgIpc) is 2.93. The molecule has 3 atom stereocenters. The molecule has 0 bridgehead atoms. The Balaban J connectivity index is 2.28. The van der Waals surface area contributed by atoms with Crippen molar-refractivity contribution in [1.29, 1.82) is 0 Å². The van der Waals surface area contributed by atoms with Gasteiger partial charge in [-0.25, -0.2) is 0 Å². The lowest BCUT2D eigenvalue weighted by Crippen LogP contribution is -2.32. The highest BCUT2D eigenvalue weighted by Gasteiger charge is 2.34. The number of rotatable bonds is 4. The number of ether oxygens (including phenoxy) is 2. The smallest absolute Gasteiger partial charge is 0.161 e. The van der Waals surface area contributed by atoms with Crippen LogP contribution in [0.1, 0.15) is 32.0 Å². The fraction of sp³-hybridized carbons (Fsp3) is 0.750. The molecule has 0 aliphatic carbocycles. The van der Waals surface area contributed by atoms with Gasteiger partial charge in [0.05, 0.1) is 31.1 Å². The second-order valence-electron chi connectivity index (χ2n) is 4.54. The third-order valence-corrected chi connectivity index (χ3v) is 3.48. The molecular weight excluding hydrogens is 218 g/mol. The van der Waals surface area contributed by atoms with E-state index in [0.29, 0.717) is 5.92 Å². The van der Waals surface area contributed by atoms with E-state index in [0.717, 1.165) is 31.0 Å². The van der Waals surface area contributed by atoms with Crippen LogP contribution < -0.4 is 10.5 Å². The lowest BCUT2D eigenvalue weighted by Gasteiger charge is -2.23. The van der Waals surface area contributed by atoms with Crippen molar-refractivity contribution in [3.05, 3.63) is 11.9 Å². The molecule has 5 nitrogen and oxygen atoms in total. The lowest BCUT2D eigenvalue weighted by atomic mass is 9.96. The highest BCUT2D eigenvalue weighted by Crippen LogP contribution is 2.33. The SMILES string of the molecule is CCn1ncc(OC)c1C(N)C1OCCC1C. The van der Waals surface area contributed by atoms with Crippen molar-refractivity contribution in [2.75, 3.05) is 13.7 Å². The summed E-state index contributed by atoms with van der Waals surface area (Å²) in [5.74, 6) is 1.23. The maximum Gasteiger partial charge on any atom is 0.161 e. The number of methoxy groups -OCH3 is 1. The molecule has 1 aromatic rings. The van der Waals surface area contributed by atoms with Gasteiger partial charge in [-0.1, -0.05) is 6.92 Å². The molecule has 96 valence electrons. The molecule has 5 heteroatoms. The van der Waals surface area contributed by atoms with Crippen LogP contribution in [0.15, 0.2) is 6.20 Å². The van der Waals surface area contributed by atoms with Gasteiger partial charge < -0.3 is 15.2 Å². The van der Waals surface area contributed by atoms with Crippen molar-refractivity contribution in [3.63, 3.8) is 0 Å². The summed E-state index contributed by atoms with van der Waals surface area (Å²) in [5.41, 5.74) is 7.26. The molecule has 1 fully saturated rings. The van der Waals surface area contributed by atoms with Crippen LogP contribution in [-0.4, -0.2) is 29.6 Å². The van der Waals surface area contributed by atoms with Crippen molar-refractivity contribution in [2.24, 2.45) is 11.7 Å². The van der Waals surface area contributed by atoms with Crippen molar-refractivity contribution >= 4 is 0 Å². The van der Waals surface area contributed by atoms with Gasteiger partial charge in [0.25, 0.3) is 0 Å². The largest absolute Gasteiger partial charge is 0.493 e. The molecular formula is C12H21N3O2. The van der Waals surface area contributed by atoms with E-state index in [-0.39, 0.29) is 12.1 Å². The molecule has 0 aromatic carbocycles. The summed E-state index contributed by atoms with van der Waals surface area (Å²) < 4.78 is 12.9. The quantitative estimate of drug-likeness (QED) is 0.861. The maximum absolute atomic E-state index is 6.32. The van der Waals surface area contributed by atoms with Crippen LogP contribution in [0.2, 0.25) is 0 Å². The zero-order valence-electron chi connectivity index (χ0n) is 10.7. The summed E-state index contributed by atoms with van der Waals surface area (Å²) in [6.45, 7) is 5.80. The Labute approximate surface area is 102 Å². The average molecular weight is 239 g/mol. The van der Waals surface area contributed by atoms with E-state index in [4.69, 9.17) is 15.2 Å². The summed E-state index contributed by atoms with van der Waals surface area (Å²) in [5, 5.41) is 4.28. The normalized spacial score (nSPS) is 26.1. The van der Waals surface area contributed by atoms with Gasteiger partial charge in [-0.2, -0.15) is 5.10 Å². The number of nitrogens with two attached hydrogens (primary N) is 1. The van der Waals surface area contributed by atoms with E-state index in [1.807, 2.05) is 11.6 Å². The second-order valence-corrected chi connectivity index (χ2v) is 4.54. The van der Waals surface area contributed by atoms with Gasteiger partial charge in [-0.05, 0) is 19.3 Å². The van der Waals surface area contributed by atoms with Crippen LogP contribution in [0.3, 0.4) is 0 Å². The molecule has 2 N–H and O–H groups in total. The highest BCUT2D eigenvalue weighted by molar-refractivity contribution is 5.29. The van der Waals surface area contributed by atoms with Crippen LogP contribution in [-0.2, 0) is 11.3 Å². The zero-order valence-corrected chi connectivity index (χ0v) is 10.7. The van der Waals surface area contributed by atoms with Gasteiger partial charge in [-0.3, -0.25) is 4.68 Å². The van der Waals surface area contributed by atoms with E-state index < -0.39 is 0 Å². The van der Waals surface area contributed by atoms with E-state index in [2.05, 4.69) is 12.0 Å². The topological polar surface area (TPSA) is 62.3 Å².